The zero-order valence-electron chi connectivity index (χ0n) is 16.1. The Balaban J connectivity index is 1.82. The Bertz CT molecular complexity index is 933. The minimum absolute atomic E-state index is 0.296. The Morgan fingerprint density at radius 1 is 0.724 bits per heavy atom. The first-order chi connectivity index (χ1) is 13.8. The van der Waals surface area contributed by atoms with Crippen LogP contribution in [0.3, 0.4) is 0 Å². The summed E-state index contributed by atoms with van der Waals surface area (Å²) >= 11 is 0. The highest BCUT2D eigenvalue weighted by Crippen LogP contribution is 2.36. The molecule has 3 aromatic carbocycles. The van der Waals surface area contributed by atoms with Crippen molar-refractivity contribution in [3.8, 4) is 28.7 Å². The summed E-state index contributed by atoms with van der Waals surface area (Å²) in [5, 5.41) is 0. The molecule has 0 amide bonds. The number of hydrogen-bond donors (Lipinski definition) is 0. The molecule has 0 aliphatic carbocycles. The van der Waals surface area contributed by atoms with Crippen LogP contribution in [0.2, 0.25) is 0 Å². The van der Waals surface area contributed by atoms with Crippen LogP contribution in [0.4, 0.5) is 13.2 Å². The Morgan fingerprint density at radius 3 is 1.69 bits per heavy atom. The molecule has 0 unspecified atom stereocenters. The molecule has 0 N–H and O–H groups in total. The Labute approximate surface area is 167 Å². The molecule has 0 atom stereocenters. The van der Waals surface area contributed by atoms with E-state index in [2.05, 4.69) is 11.7 Å². The number of hydrogen-bond acceptors (Lipinski definition) is 3. The summed E-state index contributed by atoms with van der Waals surface area (Å²) < 4.78 is 52.8. The smallest absolute Gasteiger partial charge is 0.457 e. The fourth-order valence-corrected chi connectivity index (χ4v) is 2.80. The van der Waals surface area contributed by atoms with Crippen LogP contribution in [0.5, 0.6) is 28.7 Å². The summed E-state index contributed by atoms with van der Waals surface area (Å²) in [4.78, 5) is 0. The van der Waals surface area contributed by atoms with Crippen LogP contribution >= 0.6 is 0 Å². The van der Waals surface area contributed by atoms with Crippen molar-refractivity contribution in [1.29, 1.82) is 0 Å². The highest BCUT2D eigenvalue weighted by molar-refractivity contribution is 5.49. The molecule has 0 aliphatic heterocycles. The van der Waals surface area contributed by atoms with Crippen LogP contribution < -0.4 is 14.2 Å². The van der Waals surface area contributed by atoms with Crippen LogP contribution in [-0.4, -0.2) is 6.36 Å². The minimum Gasteiger partial charge on any atom is -0.457 e. The molecule has 0 aliphatic rings. The zero-order chi connectivity index (χ0) is 20.9. The molecule has 3 aromatic rings. The molecule has 0 spiro atoms. The summed E-state index contributed by atoms with van der Waals surface area (Å²) in [6.07, 6.45) is -3.12. The predicted octanol–water partition coefficient (Wildman–Crippen LogP) is 7.43. The lowest BCUT2D eigenvalue weighted by Gasteiger charge is -2.16. The van der Waals surface area contributed by atoms with Crippen molar-refractivity contribution in [2.45, 2.75) is 33.1 Å². The van der Waals surface area contributed by atoms with Gasteiger partial charge in [-0.25, -0.2) is 0 Å². The first-order valence-electron chi connectivity index (χ1n) is 9.24. The molecular formula is C23H21F3O3. The highest BCUT2D eigenvalue weighted by atomic mass is 19.4. The van der Waals surface area contributed by atoms with Gasteiger partial charge in [-0.15, -0.1) is 13.2 Å². The van der Waals surface area contributed by atoms with Crippen molar-refractivity contribution in [2.24, 2.45) is 0 Å². The average Bonchev–Trinajstić information content (AvgIpc) is 2.66. The van der Waals surface area contributed by atoms with Crippen LogP contribution in [0.15, 0.2) is 66.7 Å². The minimum atomic E-state index is -4.72. The quantitative estimate of drug-likeness (QED) is 0.411. The lowest BCUT2D eigenvalue weighted by atomic mass is 10.1. The van der Waals surface area contributed by atoms with E-state index in [1.807, 2.05) is 49.4 Å². The topological polar surface area (TPSA) is 27.7 Å². The number of halogens is 3. The van der Waals surface area contributed by atoms with E-state index in [9.17, 15) is 13.2 Å². The highest BCUT2D eigenvalue weighted by Gasteiger charge is 2.31. The maximum Gasteiger partial charge on any atom is 0.573 e. The Morgan fingerprint density at radius 2 is 1.21 bits per heavy atom. The van der Waals surface area contributed by atoms with Crippen LogP contribution in [-0.2, 0) is 6.42 Å². The van der Waals surface area contributed by atoms with E-state index in [1.165, 1.54) is 24.3 Å². The lowest BCUT2D eigenvalue weighted by Crippen LogP contribution is -2.16. The molecule has 0 fully saturated rings. The van der Waals surface area contributed by atoms with Crippen molar-refractivity contribution in [3.05, 3.63) is 77.9 Å². The molecular weight excluding hydrogens is 381 g/mol. The van der Waals surface area contributed by atoms with E-state index in [-0.39, 0.29) is 5.75 Å². The van der Waals surface area contributed by atoms with E-state index >= 15 is 0 Å². The SMILES string of the molecule is CCCc1c(Oc2ccc(C)cc2)cccc1Oc1ccc(OC(F)(F)F)cc1. The van der Waals surface area contributed by atoms with E-state index in [1.54, 1.807) is 0 Å². The van der Waals surface area contributed by atoms with Crippen molar-refractivity contribution in [2.75, 3.05) is 0 Å². The van der Waals surface area contributed by atoms with Crippen molar-refractivity contribution in [3.63, 3.8) is 0 Å². The van der Waals surface area contributed by atoms with Crippen molar-refractivity contribution >= 4 is 0 Å². The lowest BCUT2D eigenvalue weighted by molar-refractivity contribution is -0.274. The molecule has 29 heavy (non-hydrogen) atoms. The summed E-state index contributed by atoms with van der Waals surface area (Å²) in [6, 6.07) is 18.6. The summed E-state index contributed by atoms with van der Waals surface area (Å²) in [6.45, 7) is 4.06. The third-order valence-corrected chi connectivity index (χ3v) is 4.12. The van der Waals surface area contributed by atoms with Gasteiger partial charge >= 0.3 is 6.36 Å². The van der Waals surface area contributed by atoms with Gasteiger partial charge in [0.2, 0.25) is 0 Å². The largest absolute Gasteiger partial charge is 0.573 e. The summed E-state index contributed by atoms with van der Waals surface area (Å²) in [5.74, 6) is 2.12. The maximum atomic E-state index is 12.3. The van der Waals surface area contributed by atoms with Gasteiger partial charge in [0.25, 0.3) is 0 Å². The Kier molecular flexibility index (Phi) is 6.32. The van der Waals surface area contributed by atoms with Gasteiger partial charge < -0.3 is 14.2 Å². The average molecular weight is 402 g/mol. The molecule has 0 aromatic heterocycles. The Hall–Kier alpha value is -3.15. The molecule has 0 saturated heterocycles. The number of aryl methyl sites for hydroxylation is 1. The van der Waals surface area contributed by atoms with Gasteiger partial charge in [0, 0.05) is 5.56 Å². The van der Waals surface area contributed by atoms with Crippen LogP contribution in [0.25, 0.3) is 0 Å². The molecule has 6 heteroatoms. The standard InChI is InChI=1S/C23H21F3O3/c1-3-5-20-21(27-17-10-8-16(2)9-11-17)6-4-7-22(20)28-18-12-14-19(15-13-18)29-23(24,25)26/h4,6-15H,3,5H2,1-2H3. The second-order valence-corrected chi connectivity index (χ2v) is 6.52. The van der Waals surface area contributed by atoms with Gasteiger partial charge in [-0.05, 0) is 61.9 Å². The van der Waals surface area contributed by atoms with Gasteiger partial charge in [0.05, 0.1) is 0 Å². The van der Waals surface area contributed by atoms with Gasteiger partial charge in [-0.2, -0.15) is 0 Å². The third kappa shape index (κ3) is 5.91. The fraction of sp³-hybridized carbons (Fsp3) is 0.217. The van der Waals surface area contributed by atoms with E-state index < -0.39 is 6.36 Å². The normalized spacial score (nSPS) is 11.2. The molecule has 3 rings (SSSR count). The second kappa shape index (κ2) is 8.90. The van der Waals surface area contributed by atoms with Gasteiger partial charge in [-0.1, -0.05) is 37.1 Å². The molecule has 3 nitrogen and oxygen atoms in total. The first-order valence-corrected chi connectivity index (χ1v) is 9.24. The second-order valence-electron chi connectivity index (χ2n) is 6.52. The van der Waals surface area contributed by atoms with E-state index in [0.29, 0.717) is 17.2 Å². The van der Waals surface area contributed by atoms with Crippen LogP contribution in [0, 0.1) is 6.92 Å². The summed E-state index contributed by atoms with van der Waals surface area (Å²) in [7, 11) is 0. The van der Waals surface area contributed by atoms with Gasteiger partial charge in [-0.3, -0.25) is 0 Å². The van der Waals surface area contributed by atoms with Gasteiger partial charge in [0.1, 0.15) is 28.7 Å². The monoisotopic (exact) mass is 402 g/mol. The number of rotatable bonds is 7. The summed E-state index contributed by atoms with van der Waals surface area (Å²) in [5.41, 5.74) is 2.03. The predicted molar refractivity (Wildman–Crippen MR) is 105 cm³/mol. The molecule has 0 saturated carbocycles. The molecule has 0 radical (unpaired) electrons. The van der Waals surface area contributed by atoms with Crippen molar-refractivity contribution < 1.29 is 27.4 Å². The third-order valence-electron chi connectivity index (χ3n) is 4.12. The molecule has 0 heterocycles. The van der Waals surface area contributed by atoms with Crippen molar-refractivity contribution in [1.82, 2.24) is 0 Å². The maximum absolute atomic E-state index is 12.3. The van der Waals surface area contributed by atoms with E-state index in [0.717, 1.165) is 29.7 Å². The number of ether oxygens (including phenoxy) is 3. The number of alkyl halides is 3. The van der Waals surface area contributed by atoms with Gasteiger partial charge in [0.15, 0.2) is 0 Å². The first kappa shape index (κ1) is 20.6. The molecule has 152 valence electrons. The van der Waals surface area contributed by atoms with E-state index in [4.69, 9.17) is 9.47 Å². The number of benzene rings is 3. The molecule has 0 bridgehead atoms. The zero-order valence-corrected chi connectivity index (χ0v) is 16.1. The fourth-order valence-electron chi connectivity index (χ4n) is 2.80. The van der Waals surface area contributed by atoms with Crippen LogP contribution in [0.1, 0.15) is 24.5 Å².